The van der Waals surface area contributed by atoms with Crippen LogP contribution in [-0.2, 0) is 4.79 Å². The predicted octanol–water partition coefficient (Wildman–Crippen LogP) is 2.89. The van der Waals surface area contributed by atoms with Crippen LogP contribution in [-0.4, -0.2) is 40.1 Å². The van der Waals surface area contributed by atoms with Gasteiger partial charge in [-0.3, -0.25) is 4.79 Å². The molecule has 1 aromatic carbocycles. The van der Waals surface area contributed by atoms with Gasteiger partial charge in [-0.2, -0.15) is 4.98 Å². The van der Waals surface area contributed by atoms with Crippen LogP contribution in [0.5, 0.6) is 5.75 Å². The lowest BCUT2D eigenvalue weighted by Crippen LogP contribution is -2.34. The zero-order valence-corrected chi connectivity index (χ0v) is 15.2. The topological polar surface area (TPSA) is 110 Å². The summed E-state index contributed by atoms with van der Waals surface area (Å²) in [6, 6.07) is 4.66. The maximum absolute atomic E-state index is 12.8. The van der Waals surface area contributed by atoms with Gasteiger partial charge in [0.2, 0.25) is 5.89 Å². The van der Waals surface area contributed by atoms with Crippen molar-refractivity contribution in [1.29, 1.82) is 0 Å². The fraction of sp³-hybridized carbons (Fsp3) is 0.444. The molecule has 3 heterocycles. The number of hydrogen-bond donors (Lipinski definition) is 2. The number of likely N-dealkylation sites (tertiary alicyclic amines) is 1. The number of nitrogens with one attached hydrogen (secondary N) is 2. The third kappa shape index (κ3) is 3.44. The molecule has 27 heavy (non-hydrogen) atoms. The van der Waals surface area contributed by atoms with E-state index in [2.05, 4.69) is 20.8 Å². The van der Waals surface area contributed by atoms with Crippen molar-refractivity contribution < 1.29 is 18.8 Å². The number of ether oxygens (including phenoxy) is 1. The summed E-state index contributed by atoms with van der Waals surface area (Å²) in [7, 11) is 0. The Hall–Kier alpha value is -3.10. The highest BCUT2D eigenvalue weighted by Gasteiger charge is 2.34. The van der Waals surface area contributed by atoms with E-state index in [1.807, 2.05) is 13.8 Å². The predicted molar refractivity (Wildman–Crippen MR) is 96.7 cm³/mol. The molecule has 4 rings (SSSR count). The number of rotatable bonds is 3. The quantitative estimate of drug-likeness (QED) is 0.858. The van der Waals surface area contributed by atoms with Crippen molar-refractivity contribution in [2.75, 3.05) is 23.8 Å². The first kappa shape index (κ1) is 17.3. The summed E-state index contributed by atoms with van der Waals surface area (Å²) >= 11 is 0. The highest BCUT2D eigenvalue weighted by molar-refractivity contribution is 5.96. The molecule has 1 aromatic heterocycles. The molecule has 1 saturated heterocycles. The highest BCUT2D eigenvalue weighted by Crippen LogP contribution is 2.34. The number of aromatic nitrogens is 2. The molecule has 9 heteroatoms. The Morgan fingerprint density at radius 3 is 3.04 bits per heavy atom. The van der Waals surface area contributed by atoms with E-state index in [0.29, 0.717) is 35.4 Å². The van der Waals surface area contributed by atoms with Crippen molar-refractivity contribution in [2.45, 2.75) is 38.6 Å². The molecule has 2 N–H and O–H groups in total. The van der Waals surface area contributed by atoms with Gasteiger partial charge in [0.15, 0.2) is 12.4 Å². The lowest BCUT2D eigenvalue weighted by molar-refractivity contribution is -0.118. The van der Waals surface area contributed by atoms with Crippen LogP contribution >= 0.6 is 0 Å². The number of anilines is 2. The molecule has 1 fully saturated rings. The first-order valence-electron chi connectivity index (χ1n) is 8.99. The molecule has 0 unspecified atom stereocenters. The molecule has 0 spiro atoms. The average Bonchev–Trinajstić information content (AvgIpc) is 3.31. The molecule has 0 aliphatic carbocycles. The lowest BCUT2D eigenvalue weighted by atomic mass is 10.2. The average molecular weight is 371 g/mol. The van der Waals surface area contributed by atoms with Gasteiger partial charge in [-0.15, -0.1) is 0 Å². The monoisotopic (exact) mass is 371 g/mol. The second-order valence-electron chi connectivity index (χ2n) is 6.97. The SMILES string of the molecule is CC(C)c1noc([C@@H]2CCCN2C(=O)Nc2ccc3c(c2)OCC(=O)N3)n1. The van der Waals surface area contributed by atoms with E-state index in [1.165, 1.54) is 0 Å². The first-order valence-corrected chi connectivity index (χ1v) is 8.99. The fourth-order valence-corrected chi connectivity index (χ4v) is 3.23. The minimum absolute atomic E-state index is 0.0338. The Bertz CT molecular complexity index is 878. The van der Waals surface area contributed by atoms with Crippen molar-refractivity contribution in [1.82, 2.24) is 15.0 Å². The van der Waals surface area contributed by atoms with Crippen LogP contribution in [0.1, 0.15) is 50.4 Å². The number of urea groups is 1. The van der Waals surface area contributed by atoms with E-state index in [-0.39, 0.29) is 30.5 Å². The number of carbonyl (C=O) groups is 2. The number of nitrogens with zero attached hydrogens (tertiary/aromatic N) is 3. The number of carbonyl (C=O) groups excluding carboxylic acids is 2. The van der Waals surface area contributed by atoms with Gasteiger partial charge in [0, 0.05) is 24.2 Å². The van der Waals surface area contributed by atoms with Gasteiger partial charge in [-0.25, -0.2) is 4.79 Å². The second kappa shape index (κ2) is 6.90. The van der Waals surface area contributed by atoms with Crippen LogP contribution < -0.4 is 15.4 Å². The Kier molecular flexibility index (Phi) is 4.43. The van der Waals surface area contributed by atoms with Crippen molar-refractivity contribution in [3.63, 3.8) is 0 Å². The van der Waals surface area contributed by atoms with Gasteiger partial charge < -0.3 is 24.8 Å². The largest absolute Gasteiger partial charge is 0.482 e. The summed E-state index contributed by atoms with van der Waals surface area (Å²) in [5.41, 5.74) is 1.18. The summed E-state index contributed by atoms with van der Waals surface area (Å²) in [6.07, 6.45) is 1.66. The smallest absolute Gasteiger partial charge is 0.322 e. The van der Waals surface area contributed by atoms with Crippen molar-refractivity contribution >= 4 is 23.3 Å². The molecular formula is C18H21N5O4. The summed E-state index contributed by atoms with van der Waals surface area (Å²) < 4.78 is 10.8. The molecule has 2 aliphatic heterocycles. The zero-order valence-electron chi connectivity index (χ0n) is 15.2. The maximum atomic E-state index is 12.8. The Morgan fingerprint density at radius 1 is 1.41 bits per heavy atom. The van der Waals surface area contributed by atoms with Crippen LogP contribution in [0.15, 0.2) is 22.7 Å². The second-order valence-corrected chi connectivity index (χ2v) is 6.97. The van der Waals surface area contributed by atoms with Crippen molar-refractivity contribution in [3.8, 4) is 5.75 Å². The maximum Gasteiger partial charge on any atom is 0.322 e. The first-order chi connectivity index (χ1) is 13.0. The molecule has 142 valence electrons. The van der Waals surface area contributed by atoms with Gasteiger partial charge in [-0.05, 0) is 25.0 Å². The van der Waals surface area contributed by atoms with Crippen LogP contribution in [0.4, 0.5) is 16.2 Å². The van der Waals surface area contributed by atoms with Gasteiger partial charge in [0.25, 0.3) is 5.91 Å². The minimum atomic E-state index is -0.235. The molecule has 9 nitrogen and oxygen atoms in total. The molecule has 0 saturated carbocycles. The van der Waals surface area contributed by atoms with Crippen LogP contribution in [0.25, 0.3) is 0 Å². The normalized spacial score (nSPS) is 18.9. The van der Waals surface area contributed by atoms with Crippen molar-refractivity contribution in [3.05, 3.63) is 29.9 Å². The standard InChI is InChI=1S/C18H21N5O4/c1-10(2)16-21-17(27-22-16)13-4-3-7-23(13)18(25)19-11-5-6-12-14(8-11)26-9-15(24)20-12/h5-6,8,10,13H,3-4,7,9H2,1-2H3,(H,19,25)(H,20,24)/t13-/m0/s1. The van der Waals surface area contributed by atoms with Crippen LogP contribution in [0, 0.1) is 0 Å². The van der Waals surface area contributed by atoms with Crippen molar-refractivity contribution in [2.24, 2.45) is 0 Å². The molecule has 2 aliphatic rings. The van der Waals surface area contributed by atoms with Gasteiger partial charge in [-0.1, -0.05) is 19.0 Å². The van der Waals surface area contributed by atoms with Gasteiger partial charge in [0.1, 0.15) is 11.8 Å². The number of fused-ring (bicyclic) bond motifs is 1. The lowest BCUT2D eigenvalue weighted by Gasteiger charge is -2.23. The Morgan fingerprint density at radius 2 is 2.26 bits per heavy atom. The van der Waals surface area contributed by atoms with E-state index in [0.717, 1.165) is 12.8 Å². The molecular weight excluding hydrogens is 350 g/mol. The summed E-state index contributed by atoms with van der Waals surface area (Å²) in [5.74, 6) is 1.62. The van der Waals surface area contributed by atoms with E-state index >= 15 is 0 Å². The number of hydrogen-bond acceptors (Lipinski definition) is 6. The molecule has 3 amide bonds. The summed E-state index contributed by atoms with van der Waals surface area (Å²) in [6.45, 7) is 4.57. The molecule has 0 bridgehead atoms. The van der Waals surface area contributed by atoms with Gasteiger partial charge in [0.05, 0.1) is 5.69 Å². The van der Waals surface area contributed by atoms with Crippen LogP contribution in [0.2, 0.25) is 0 Å². The molecule has 0 radical (unpaired) electrons. The number of benzene rings is 1. The minimum Gasteiger partial charge on any atom is -0.482 e. The third-order valence-electron chi connectivity index (χ3n) is 4.64. The van der Waals surface area contributed by atoms with Gasteiger partial charge >= 0.3 is 6.03 Å². The summed E-state index contributed by atoms with van der Waals surface area (Å²) in [5, 5.41) is 9.60. The number of amides is 3. The van der Waals surface area contributed by atoms with Crippen LogP contribution in [0.3, 0.4) is 0 Å². The van der Waals surface area contributed by atoms with E-state index < -0.39 is 0 Å². The molecule has 2 aromatic rings. The Balaban J connectivity index is 1.48. The fourth-order valence-electron chi connectivity index (χ4n) is 3.23. The molecule has 1 atom stereocenters. The highest BCUT2D eigenvalue weighted by atomic mass is 16.5. The third-order valence-corrected chi connectivity index (χ3v) is 4.64. The zero-order chi connectivity index (χ0) is 19.0. The van der Waals surface area contributed by atoms with E-state index in [4.69, 9.17) is 9.26 Å². The van der Waals surface area contributed by atoms with E-state index in [9.17, 15) is 9.59 Å². The summed E-state index contributed by atoms with van der Waals surface area (Å²) in [4.78, 5) is 30.3. The Labute approximate surface area is 156 Å². The van der Waals surface area contributed by atoms with E-state index in [1.54, 1.807) is 23.1 Å².